The molecule has 0 bridgehead atoms. The molecule has 5 rings (SSSR count). The summed E-state index contributed by atoms with van der Waals surface area (Å²) in [4.78, 5) is 16.5. The van der Waals surface area contributed by atoms with Crippen LogP contribution in [0.5, 0.6) is 0 Å². The number of nitrogens with one attached hydrogen (secondary N) is 1. The van der Waals surface area contributed by atoms with Crippen molar-refractivity contribution < 1.29 is 17.6 Å². The van der Waals surface area contributed by atoms with Crippen LogP contribution in [0, 0.1) is 5.41 Å². The van der Waals surface area contributed by atoms with E-state index >= 15 is 0 Å². The minimum absolute atomic E-state index is 0.0114. The lowest BCUT2D eigenvalue weighted by Crippen LogP contribution is -2.55. The SMILES string of the molecule is CC1(C)CN(S(=O)(=O)c2ccc(-c3cc(Cl)c4oc(CNC(=O)C=Cc5ccc(N)nc5)cc4c3)cc2)C1. The maximum absolute atomic E-state index is 12.9. The normalized spacial score (nSPS) is 15.6. The zero-order valence-corrected chi connectivity index (χ0v) is 22.5. The molecule has 0 spiro atoms. The third-order valence-corrected chi connectivity index (χ3v) is 8.42. The van der Waals surface area contributed by atoms with Crippen LogP contribution in [0.2, 0.25) is 5.02 Å². The Labute approximate surface area is 226 Å². The van der Waals surface area contributed by atoms with Gasteiger partial charge in [-0.2, -0.15) is 4.31 Å². The molecule has 0 aliphatic carbocycles. The van der Waals surface area contributed by atoms with Crippen molar-refractivity contribution in [3.63, 3.8) is 0 Å². The highest BCUT2D eigenvalue weighted by Gasteiger charge is 2.41. The molecule has 1 aliphatic rings. The fraction of sp³-hybridized carbons (Fsp3) is 0.214. The van der Waals surface area contributed by atoms with Gasteiger partial charge in [0.25, 0.3) is 0 Å². The molecule has 1 saturated heterocycles. The molecule has 2 aromatic heterocycles. The van der Waals surface area contributed by atoms with Crippen LogP contribution >= 0.6 is 11.6 Å². The summed E-state index contributed by atoms with van der Waals surface area (Å²) in [6, 6.07) is 15.8. The summed E-state index contributed by atoms with van der Waals surface area (Å²) < 4.78 is 33.1. The fourth-order valence-electron chi connectivity index (χ4n) is 4.38. The highest BCUT2D eigenvalue weighted by molar-refractivity contribution is 7.89. The Balaban J connectivity index is 1.28. The molecule has 4 aromatic rings. The van der Waals surface area contributed by atoms with Gasteiger partial charge in [0, 0.05) is 30.7 Å². The molecule has 2 aromatic carbocycles. The van der Waals surface area contributed by atoms with Crippen molar-refractivity contribution in [2.45, 2.75) is 25.3 Å². The molecule has 8 nitrogen and oxygen atoms in total. The summed E-state index contributed by atoms with van der Waals surface area (Å²) in [5.41, 5.74) is 8.51. The molecule has 0 saturated carbocycles. The minimum atomic E-state index is -3.50. The molecule has 1 amide bonds. The second-order valence-corrected chi connectivity index (χ2v) is 12.5. The van der Waals surface area contributed by atoms with Crippen LogP contribution in [0.4, 0.5) is 5.82 Å². The number of anilines is 1. The first-order valence-electron chi connectivity index (χ1n) is 12.0. The van der Waals surface area contributed by atoms with Gasteiger partial charge in [0.05, 0.1) is 16.5 Å². The fourth-order valence-corrected chi connectivity index (χ4v) is 6.47. The van der Waals surface area contributed by atoms with E-state index < -0.39 is 10.0 Å². The first-order valence-corrected chi connectivity index (χ1v) is 13.8. The Kier molecular flexibility index (Phi) is 6.77. The lowest BCUT2D eigenvalue weighted by atomic mass is 9.87. The number of benzene rings is 2. The Morgan fingerprint density at radius 3 is 2.53 bits per heavy atom. The lowest BCUT2D eigenvalue weighted by molar-refractivity contribution is -0.116. The summed E-state index contributed by atoms with van der Waals surface area (Å²) in [5, 5.41) is 3.98. The smallest absolute Gasteiger partial charge is 0.244 e. The van der Waals surface area contributed by atoms with Crippen LogP contribution in [-0.4, -0.2) is 36.7 Å². The number of hydrogen-bond acceptors (Lipinski definition) is 6. The number of aromatic nitrogens is 1. The van der Waals surface area contributed by atoms with Gasteiger partial charge in [-0.05, 0) is 70.6 Å². The molecule has 196 valence electrons. The molecular formula is C28H27ClN4O4S. The summed E-state index contributed by atoms with van der Waals surface area (Å²) in [7, 11) is -3.50. The van der Waals surface area contributed by atoms with Crippen molar-refractivity contribution in [1.29, 1.82) is 0 Å². The Bertz CT molecular complexity index is 1630. The van der Waals surface area contributed by atoms with E-state index in [1.54, 1.807) is 54.7 Å². The summed E-state index contributed by atoms with van der Waals surface area (Å²) >= 11 is 6.51. The third-order valence-electron chi connectivity index (χ3n) is 6.33. The number of rotatable bonds is 7. The summed E-state index contributed by atoms with van der Waals surface area (Å²) in [6.07, 6.45) is 4.63. The van der Waals surface area contributed by atoms with Crippen molar-refractivity contribution in [2.24, 2.45) is 5.41 Å². The van der Waals surface area contributed by atoms with E-state index in [0.717, 1.165) is 22.1 Å². The van der Waals surface area contributed by atoms with Crippen LogP contribution in [-0.2, 0) is 21.4 Å². The monoisotopic (exact) mass is 550 g/mol. The number of halogens is 1. The molecule has 1 fully saturated rings. The molecule has 3 heterocycles. The Morgan fingerprint density at radius 1 is 1.13 bits per heavy atom. The van der Waals surface area contributed by atoms with E-state index in [0.29, 0.717) is 35.3 Å². The van der Waals surface area contributed by atoms with Crippen LogP contribution < -0.4 is 11.1 Å². The second-order valence-electron chi connectivity index (χ2n) is 10.1. The van der Waals surface area contributed by atoms with Crippen molar-refractivity contribution in [3.8, 4) is 11.1 Å². The van der Waals surface area contributed by atoms with E-state index in [1.165, 1.54) is 10.4 Å². The minimum Gasteiger partial charge on any atom is -0.458 e. The van der Waals surface area contributed by atoms with Gasteiger partial charge in [-0.15, -0.1) is 0 Å². The Hall–Kier alpha value is -3.66. The lowest BCUT2D eigenvalue weighted by Gasteiger charge is -2.44. The number of pyridine rings is 1. The van der Waals surface area contributed by atoms with Gasteiger partial charge in [-0.1, -0.05) is 37.6 Å². The number of amides is 1. The zero-order chi connectivity index (χ0) is 27.1. The standard InChI is InChI=1S/C28H27ClN4O4S/c1-28(2)16-33(17-28)38(35,36)23-7-5-19(6-8-23)20-11-21-12-22(37-27(21)24(29)13-20)15-32-26(34)10-4-18-3-9-25(30)31-14-18/h3-14H,15-17H2,1-2H3,(H2,30,31)(H,32,34). The molecule has 38 heavy (non-hydrogen) atoms. The number of carbonyl (C=O) groups is 1. The zero-order valence-electron chi connectivity index (χ0n) is 20.9. The maximum atomic E-state index is 12.9. The number of nitrogens with zero attached hydrogens (tertiary/aromatic N) is 2. The van der Waals surface area contributed by atoms with Gasteiger partial charge < -0.3 is 15.5 Å². The van der Waals surface area contributed by atoms with Gasteiger partial charge in [0.15, 0.2) is 5.58 Å². The predicted molar refractivity (Wildman–Crippen MR) is 149 cm³/mol. The first kappa shape index (κ1) is 26.0. The van der Waals surface area contributed by atoms with Gasteiger partial charge in [0.1, 0.15) is 11.6 Å². The number of nitrogens with two attached hydrogens (primary N) is 1. The average Bonchev–Trinajstić information content (AvgIpc) is 3.29. The van der Waals surface area contributed by atoms with Crippen molar-refractivity contribution in [1.82, 2.24) is 14.6 Å². The number of furan rings is 1. The van der Waals surface area contributed by atoms with Gasteiger partial charge in [-0.3, -0.25) is 4.79 Å². The highest BCUT2D eigenvalue weighted by Crippen LogP contribution is 2.36. The molecule has 0 unspecified atom stereocenters. The maximum Gasteiger partial charge on any atom is 0.244 e. The number of fused-ring (bicyclic) bond motifs is 1. The molecule has 0 radical (unpaired) electrons. The predicted octanol–water partition coefficient (Wildman–Crippen LogP) is 5.09. The van der Waals surface area contributed by atoms with Crippen molar-refractivity contribution in [3.05, 3.63) is 83.2 Å². The molecule has 10 heteroatoms. The molecule has 3 N–H and O–H groups in total. The van der Waals surface area contributed by atoms with Crippen molar-refractivity contribution >= 4 is 50.4 Å². The first-order chi connectivity index (χ1) is 18.0. The number of sulfonamides is 1. The van der Waals surface area contributed by atoms with Gasteiger partial charge in [-0.25, -0.2) is 13.4 Å². The number of hydrogen-bond donors (Lipinski definition) is 2. The third kappa shape index (κ3) is 5.45. The van der Waals surface area contributed by atoms with E-state index in [-0.39, 0.29) is 22.8 Å². The van der Waals surface area contributed by atoms with E-state index in [2.05, 4.69) is 24.1 Å². The van der Waals surface area contributed by atoms with Gasteiger partial charge in [0.2, 0.25) is 15.9 Å². The molecule has 1 aliphatic heterocycles. The quantitative estimate of drug-likeness (QED) is 0.309. The van der Waals surface area contributed by atoms with E-state index in [9.17, 15) is 13.2 Å². The number of nitrogen functional groups attached to an aromatic ring is 1. The van der Waals surface area contributed by atoms with Crippen molar-refractivity contribution in [2.75, 3.05) is 18.8 Å². The topological polar surface area (TPSA) is 119 Å². The van der Waals surface area contributed by atoms with Crippen LogP contribution in [0.15, 0.2) is 76.2 Å². The summed E-state index contributed by atoms with van der Waals surface area (Å²) in [5.74, 6) is 0.675. The summed E-state index contributed by atoms with van der Waals surface area (Å²) in [6.45, 7) is 5.32. The average molecular weight is 551 g/mol. The largest absolute Gasteiger partial charge is 0.458 e. The second kappa shape index (κ2) is 9.90. The van der Waals surface area contributed by atoms with Crippen LogP contribution in [0.1, 0.15) is 25.2 Å². The van der Waals surface area contributed by atoms with Crippen LogP contribution in [0.25, 0.3) is 28.2 Å². The van der Waals surface area contributed by atoms with E-state index in [1.807, 2.05) is 12.1 Å². The Morgan fingerprint density at radius 2 is 1.87 bits per heavy atom. The number of carbonyl (C=O) groups excluding carboxylic acids is 1. The molecular weight excluding hydrogens is 524 g/mol. The van der Waals surface area contributed by atoms with E-state index in [4.69, 9.17) is 21.8 Å². The highest BCUT2D eigenvalue weighted by atomic mass is 35.5. The molecule has 0 atom stereocenters. The van der Waals surface area contributed by atoms with Gasteiger partial charge >= 0.3 is 0 Å². The van der Waals surface area contributed by atoms with Crippen LogP contribution in [0.3, 0.4) is 0 Å².